The molecule has 0 unspecified atom stereocenters. The Labute approximate surface area is 234 Å². The molecule has 202 valence electrons. The van der Waals surface area contributed by atoms with Crippen molar-refractivity contribution in [2.24, 2.45) is 0 Å². The fourth-order valence-electron chi connectivity index (χ4n) is 3.99. The lowest BCUT2D eigenvalue weighted by Gasteiger charge is -2.34. The van der Waals surface area contributed by atoms with Crippen molar-refractivity contribution in [2.75, 3.05) is 17.1 Å². The minimum Gasteiger partial charge on any atom is -0.352 e. The highest BCUT2D eigenvalue weighted by Gasteiger charge is 2.33. The van der Waals surface area contributed by atoms with Gasteiger partial charge < -0.3 is 10.2 Å². The second-order valence-electron chi connectivity index (χ2n) is 9.22. The Hall–Kier alpha value is -3.07. The Morgan fingerprint density at radius 2 is 1.45 bits per heavy atom. The molecule has 38 heavy (non-hydrogen) atoms. The maximum Gasteiger partial charge on any atom is 0.244 e. The van der Waals surface area contributed by atoms with Gasteiger partial charge in [-0.1, -0.05) is 89.9 Å². The van der Waals surface area contributed by atoms with Crippen LogP contribution < -0.4 is 9.62 Å². The van der Waals surface area contributed by atoms with Gasteiger partial charge in [-0.15, -0.1) is 0 Å². The molecule has 1 atom stereocenters. The van der Waals surface area contributed by atoms with E-state index in [4.69, 9.17) is 23.2 Å². The van der Waals surface area contributed by atoms with Crippen LogP contribution in [0.25, 0.3) is 0 Å². The van der Waals surface area contributed by atoms with Crippen LogP contribution in [0.2, 0.25) is 10.0 Å². The predicted octanol–water partition coefficient (Wildman–Crippen LogP) is 4.92. The van der Waals surface area contributed by atoms with E-state index >= 15 is 0 Å². The van der Waals surface area contributed by atoms with E-state index in [1.807, 2.05) is 74.5 Å². The van der Waals surface area contributed by atoms with Gasteiger partial charge in [-0.25, -0.2) is 8.42 Å². The van der Waals surface area contributed by atoms with Gasteiger partial charge in [0.15, 0.2) is 0 Å². The molecule has 3 aromatic carbocycles. The van der Waals surface area contributed by atoms with Crippen LogP contribution in [-0.4, -0.2) is 50.0 Å². The number of nitrogens with zero attached hydrogens (tertiary/aromatic N) is 2. The monoisotopic (exact) mass is 575 g/mol. The lowest BCUT2D eigenvalue weighted by molar-refractivity contribution is -0.140. The average molecular weight is 577 g/mol. The summed E-state index contributed by atoms with van der Waals surface area (Å²) in [5, 5.41) is 3.08. The fraction of sp³-hybridized carbons (Fsp3) is 0.286. The van der Waals surface area contributed by atoms with Gasteiger partial charge in [-0.2, -0.15) is 0 Å². The zero-order chi connectivity index (χ0) is 27.9. The molecule has 0 fully saturated rings. The van der Waals surface area contributed by atoms with E-state index in [2.05, 4.69) is 5.32 Å². The molecule has 0 radical (unpaired) electrons. The average Bonchev–Trinajstić information content (AvgIpc) is 2.86. The van der Waals surface area contributed by atoms with Gasteiger partial charge in [0, 0.05) is 19.0 Å². The Bertz CT molecular complexity index is 1350. The van der Waals surface area contributed by atoms with Gasteiger partial charge in [0.25, 0.3) is 0 Å². The third kappa shape index (κ3) is 7.96. The highest BCUT2D eigenvalue weighted by molar-refractivity contribution is 7.92. The van der Waals surface area contributed by atoms with Crippen molar-refractivity contribution in [3.8, 4) is 0 Å². The van der Waals surface area contributed by atoms with Gasteiger partial charge >= 0.3 is 0 Å². The van der Waals surface area contributed by atoms with Crippen molar-refractivity contribution in [1.82, 2.24) is 10.2 Å². The highest BCUT2D eigenvalue weighted by atomic mass is 35.5. The van der Waals surface area contributed by atoms with Crippen LogP contribution >= 0.6 is 23.2 Å². The summed E-state index contributed by atoms with van der Waals surface area (Å²) in [6.45, 7) is 3.22. The molecule has 0 aliphatic heterocycles. The first-order valence-electron chi connectivity index (χ1n) is 12.1. The standard InChI is InChI=1S/C28H31Cl2N3O4S/c1-20(2)31-28(35)25(17-21-11-6-4-7-12-21)32(18-22-13-8-5-9-14-22)26(34)19-33(38(3,36)37)24-16-10-15-23(29)27(24)30/h4-16,20,25H,17-19H2,1-3H3,(H,31,35)/t25-/m0/s1. The van der Waals surface area contributed by atoms with Gasteiger partial charge in [0.1, 0.15) is 12.6 Å². The third-order valence-electron chi connectivity index (χ3n) is 5.78. The van der Waals surface area contributed by atoms with Crippen molar-refractivity contribution in [3.63, 3.8) is 0 Å². The molecule has 0 heterocycles. The van der Waals surface area contributed by atoms with E-state index in [-0.39, 0.29) is 40.6 Å². The minimum atomic E-state index is -3.94. The fourth-order valence-corrected chi connectivity index (χ4v) is 5.30. The SMILES string of the molecule is CC(C)NC(=O)[C@H](Cc1ccccc1)N(Cc1ccccc1)C(=O)CN(c1cccc(Cl)c1Cl)S(C)(=O)=O. The molecule has 1 N–H and O–H groups in total. The van der Waals surface area contributed by atoms with Crippen molar-refractivity contribution >= 4 is 50.7 Å². The number of carbonyl (C=O) groups excluding carboxylic acids is 2. The summed E-state index contributed by atoms with van der Waals surface area (Å²) < 4.78 is 26.6. The summed E-state index contributed by atoms with van der Waals surface area (Å²) in [4.78, 5) is 28.9. The van der Waals surface area contributed by atoms with E-state index in [9.17, 15) is 18.0 Å². The summed E-state index contributed by atoms with van der Waals surface area (Å²) in [5.41, 5.74) is 1.74. The number of benzene rings is 3. The van der Waals surface area contributed by atoms with Crippen LogP contribution in [0, 0.1) is 0 Å². The number of anilines is 1. The molecule has 10 heteroatoms. The zero-order valence-corrected chi connectivity index (χ0v) is 23.8. The van der Waals surface area contributed by atoms with E-state index in [0.717, 1.165) is 21.7 Å². The molecule has 3 aromatic rings. The van der Waals surface area contributed by atoms with Crippen molar-refractivity contribution in [2.45, 2.75) is 38.9 Å². The predicted molar refractivity (Wildman–Crippen MR) is 153 cm³/mol. The van der Waals surface area contributed by atoms with Crippen LogP contribution in [0.4, 0.5) is 5.69 Å². The summed E-state index contributed by atoms with van der Waals surface area (Å²) in [7, 11) is -3.94. The number of halogens is 2. The highest BCUT2D eigenvalue weighted by Crippen LogP contribution is 2.33. The molecular weight excluding hydrogens is 545 g/mol. The van der Waals surface area contributed by atoms with Crippen LogP contribution in [0.5, 0.6) is 0 Å². The first kappa shape index (κ1) is 29.5. The zero-order valence-electron chi connectivity index (χ0n) is 21.5. The molecule has 0 saturated carbocycles. The lowest BCUT2D eigenvalue weighted by atomic mass is 10.0. The molecule has 0 aliphatic carbocycles. The van der Waals surface area contributed by atoms with Crippen molar-refractivity contribution < 1.29 is 18.0 Å². The summed E-state index contributed by atoms with van der Waals surface area (Å²) >= 11 is 12.5. The summed E-state index contributed by atoms with van der Waals surface area (Å²) in [6.07, 6.45) is 1.24. The first-order chi connectivity index (χ1) is 18.0. The minimum absolute atomic E-state index is 0.0142. The number of rotatable bonds is 11. The number of amides is 2. The summed E-state index contributed by atoms with van der Waals surface area (Å²) in [6, 6.07) is 22.1. The quantitative estimate of drug-likeness (QED) is 0.351. The van der Waals surface area contributed by atoms with E-state index in [0.29, 0.717) is 0 Å². The molecular formula is C28H31Cl2N3O4S. The van der Waals surface area contributed by atoms with Gasteiger partial charge in [0.2, 0.25) is 21.8 Å². The van der Waals surface area contributed by atoms with Crippen LogP contribution in [-0.2, 0) is 32.6 Å². The number of hydrogen-bond donors (Lipinski definition) is 1. The van der Waals surface area contributed by atoms with Crippen molar-refractivity contribution in [3.05, 3.63) is 100 Å². The van der Waals surface area contributed by atoms with Gasteiger partial charge in [-0.3, -0.25) is 13.9 Å². The maximum absolute atomic E-state index is 14.0. The largest absolute Gasteiger partial charge is 0.352 e. The first-order valence-corrected chi connectivity index (χ1v) is 14.7. The molecule has 0 bridgehead atoms. The Morgan fingerprint density at radius 3 is 2.00 bits per heavy atom. The normalized spacial score (nSPS) is 12.2. The molecule has 0 spiro atoms. The molecule has 0 saturated heterocycles. The number of hydrogen-bond acceptors (Lipinski definition) is 4. The Morgan fingerprint density at radius 1 is 0.868 bits per heavy atom. The summed E-state index contributed by atoms with van der Waals surface area (Å²) in [5.74, 6) is -0.894. The topological polar surface area (TPSA) is 86.8 Å². The number of carbonyl (C=O) groups is 2. The van der Waals surface area contributed by atoms with Crippen LogP contribution in [0.15, 0.2) is 78.9 Å². The third-order valence-corrected chi connectivity index (χ3v) is 7.71. The number of sulfonamides is 1. The Balaban J connectivity index is 2.06. The Kier molecular flexibility index (Phi) is 10.2. The number of nitrogens with one attached hydrogen (secondary N) is 1. The second-order valence-corrected chi connectivity index (χ2v) is 11.9. The molecule has 7 nitrogen and oxygen atoms in total. The van der Waals surface area contributed by atoms with E-state index in [1.165, 1.54) is 17.0 Å². The van der Waals surface area contributed by atoms with Crippen LogP contribution in [0.3, 0.4) is 0 Å². The van der Waals surface area contributed by atoms with Crippen LogP contribution in [0.1, 0.15) is 25.0 Å². The van der Waals surface area contributed by atoms with E-state index in [1.54, 1.807) is 6.07 Å². The lowest BCUT2D eigenvalue weighted by Crippen LogP contribution is -2.54. The second kappa shape index (κ2) is 13.1. The van der Waals surface area contributed by atoms with Gasteiger partial charge in [0.05, 0.1) is 22.0 Å². The van der Waals surface area contributed by atoms with Crippen molar-refractivity contribution in [1.29, 1.82) is 0 Å². The molecule has 3 rings (SSSR count). The maximum atomic E-state index is 14.0. The smallest absolute Gasteiger partial charge is 0.244 e. The molecule has 0 aromatic heterocycles. The molecule has 2 amide bonds. The van der Waals surface area contributed by atoms with E-state index < -0.39 is 28.5 Å². The van der Waals surface area contributed by atoms with Gasteiger partial charge in [-0.05, 0) is 37.1 Å². The molecule has 0 aliphatic rings.